The maximum absolute atomic E-state index is 12.1. The Hall–Kier alpha value is -2.18. The first-order valence-corrected chi connectivity index (χ1v) is 6.79. The van der Waals surface area contributed by atoms with E-state index in [-0.39, 0.29) is 6.54 Å². The van der Waals surface area contributed by atoms with E-state index in [1.54, 1.807) is 6.08 Å². The van der Waals surface area contributed by atoms with Gasteiger partial charge in [-0.25, -0.2) is 0 Å². The summed E-state index contributed by atoms with van der Waals surface area (Å²) in [6.07, 6.45) is -3.45. The van der Waals surface area contributed by atoms with Gasteiger partial charge < -0.3 is 15.4 Å². The van der Waals surface area contributed by atoms with Crippen LogP contribution in [0, 0.1) is 0 Å². The second-order valence-electron chi connectivity index (χ2n) is 4.43. The van der Waals surface area contributed by atoms with Crippen molar-refractivity contribution in [2.24, 2.45) is 4.99 Å². The average Bonchev–Trinajstić information content (AvgIpc) is 2.48. The lowest BCUT2D eigenvalue weighted by molar-refractivity contribution is -0.132. The zero-order valence-corrected chi connectivity index (χ0v) is 12.4. The summed E-state index contributed by atoms with van der Waals surface area (Å²) in [5.74, 6) is 1.00. The van der Waals surface area contributed by atoms with Gasteiger partial charge >= 0.3 is 6.18 Å². The molecule has 0 spiro atoms. The summed E-state index contributed by atoms with van der Waals surface area (Å²) < 4.78 is 41.8. The van der Waals surface area contributed by atoms with Crippen molar-refractivity contribution in [3.8, 4) is 5.75 Å². The Balaban J connectivity index is 2.51. The minimum Gasteiger partial charge on any atom is -0.489 e. The van der Waals surface area contributed by atoms with Crippen molar-refractivity contribution in [3.05, 3.63) is 42.5 Å². The molecule has 0 saturated heterocycles. The molecule has 4 nitrogen and oxygen atoms in total. The first-order valence-electron chi connectivity index (χ1n) is 6.79. The van der Waals surface area contributed by atoms with Crippen molar-refractivity contribution in [1.29, 1.82) is 0 Å². The summed E-state index contributed by atoms with van der Waals surface area (Å²) >= 11 is 0. The third kappa shape index (κ3) is 7.01. The summed E-state index contributed by atoms with van der Waals surface area (Å²) in [6.45, 7) is 4.13. The Kier molecular flexibility index (Phi) is 7.28. The van der Waals surface area contributed by atoms with E-state index >= 15 is 0 Å². The van der Waals surface area contributed by atoms with E-state index in [2.05, 4.69) is 22.2 Å². The van der Waals surface area contributed by atoms with Gasteiger partial charge in [0.25, 0.3) is 0 Å². The number of benzene rings is 1. The Morgan fingerprint density at radius 1 is 1.32 bits per heavy atom. The van der Waals surface area contributed by atoms with E-state index in [0.29, 0.717) is 24.9 Å². The summed E-state index contributed by atoms with van der Waals surface area (Å²) in [7, 11) is 1.50. The number of guanidine groups is 1. The molecule has 22 heavy (non-hydrogen) atoms. The second kappa shape index (κ2) is 8.96. The number of halogens is 3. The van der Waals surface area contributed by atoms with Gasteiger partial charge in [0.2, 0.25) is 0 Å². The fourth-order valence-electron chi connectivity index (χ4n) is 1.66. The molecule has 0 aliphatic rings. The minimum atomic E-state index is -4.18. The quantitative estimate of drug-likeness (QED) is 0.462. The highest BCUT2D eigenvalue weighted by Crippen LogP contribution is 2.18. The third-order valence-corrected chi connectivity index (χ3v) is 2.70. The van der Waals surface area contributed by atoms with Crippen LogP contribution in [0.2, 0.25) is 0 Å². The SMILES string of the molecule is C=CCOc1ccccc1CNC(=NC)NCCC(F)(F)F. The Morgan fingerprint density at radius 2 is 2.05 bits per heavy atom. The van der Waals surface area contributed by atoms with Gasteiger partial charge in [-0.05, 0) is 6.07 Å². The number of para-hydroxylation sites is 1. The van der Waals surface area contributed by atoms with Crippen LogP contribution in [0.5, 0.6) is 5.75 Å². The molecule has 122 valence electrons. The van der Waals surface area contributed by atoms with Crippen LogP contribution in [-0.4, -0.2) is 32.3 Å². The van der Waals surface area contributed by atoms with Crippen LogP contribution >= 0.6 is 0 Å². The molecule has 0 aliphatic carbocycles. The van der Waals surface area contributed by atoms with Crippen molar-refractivity contribution >= 4 is 5.96 Å². The second-order valence-corrected chi connectivity index (χ2v) is 4.43. The molecule has 2 N–H and O–H groups in total. The molecular formula is C15H20F3N3O. The summed E-state index contributed by atoms with van der Waals surface area (Å²) in [5, 5.41) is 5.58. The van der Waals surface area contributed by atoms with Crippen LogP contribution < -0.4 is 15.4 Å². The van der Waals surface area contributed by atoms with Gasteiger partial charge in [-0.15, -0.1) is 0 Å². The van der Waals surface area contributed by atoms with Gasteiger partial charge in [0, 0.05) is 25.7 Å². The van der Waals surface area contributed by atoms with Gasteiger partial charge in [-0.3, -0.25) is 4.99 Å². The molecule has 0 bridgehead atoms. The largest absolute Gasteiger partial charge is 0.489 e. The van der Waals surface area contributed by atoms with Crippen LogP contribution in [0.15, 0.2) is 41.9 Å². The Morgan fingerprint density at radius 3 is 2.68 bits per heavy atom. The molecule has 1 rings (SSSR count). The minimum absolute atomic E-state index is 0.224. The fourth-order valence-corrected chi connectivity index (χ4v) is 1.66. The zero-order valence-electron chi connectivity index (χ0n) is 12.4. The smallest absolute Gasteiger partial charge is 0.390 e. The lowest BCUT2D eigenvalue weighted by Crippen LogP contribution is -2.38. The van der Waals surface area contributed by atoms with Gasteiger partial charge in [0.15, 0.2) is 5.96 Å². The molecule has 0 fully saturated rings. The molecule has 0 heterocycles. The summed E-state index contributed by atoms with van der Waals surface area (Å²) in [5.41, 5.74) is 0.878. The van der Waals surface area contributed by atoms with Gasteiger partial charge in [-0.2, -0.15) is 13.2 Å². The van der Waals surface area contributed by atoms with Crippen molar-refractivity contribution in [3.63, 3.8) is 0 Å². The number of ether oxygens (including phenoxy) is 1. The van der Waals surface area contributed by atoms with Crippen LogP contribution in [-0.2, 0) is 6.54 Å². The number of rotatable bonds is 7. The molecule has 1 aromatic rings. The number of aliphatic imine (C=N–C) groups is 1. The number of hydrogen-bond donors (Lipinski definition) is 2. The van der Waals surface area contributed by atoms with E-state index in [9.17, 15) is 13.2 Å². The summed E-state index contributed by atoms with van der Waals surface area (Å²) in [6, 6.07) is 7.39. The van der Waals surface area contributed by atoms with E-state index in [0.717, 1.165) is 5.56 Å². The van der Waals surface area contributed by atoms with Crippen molar-refractivity contribution in [2.75, 3.05) is 20.2 Å². The lowest BCUT2D eigenvalue weighted by atomic mass is 10.2. The number of hydrogen-bond acceptors (Lipinski definition) is 2. The van der Waals surface area contributed by atoms with E-state index in [4.69, 9.17) is 4.74 Å². The van der Waals surface area contributed by atoms with E-state index in [1.807, 2.05) is 24.3 Å². The fraction of sp³-hybridized carbons (Fsp3) is 0.400. The monoisotopic (exact) mass is 315 g/mol. The lowest BCUT2D eigenvalue weighted by Gasteiger charge is -2.14. The van der Waals surface area contributed by atoms with Crippen molar-refractivity contribution in [2.45, 2.75) is 19.1 Å². The van der Waals surface area contributed by atoms with E-state index in [1.165, 1.54) is 7.05 Å². The van der Waals surface area contributed by atoms with Crippen molar-refractivity contribution < 1.29 is 17.9 Å². The standard InChI is InChI=1S/C15H20F3N3O/c1-3-10-22-13-7-5-4-6-12(13)11-21-14(19-2)20-9-8-15(16,17)18/h3-7H,1,8-11H2,2H3,(H2,19,20,21). The number of alkyl halides is 3. The highest BCUT2D eigenvalue weighted by molar-refractivity contribution is 5.79. The molecule has 0 amide bonds. The van der Waals surface area contributed by atoms with E-state index < -0.39 is 12.6 Å². The predicted octanol–water partition coefficient (Wildman–Crippen LogP) is 2.87. The van der Waals surface area contributed by atoms with Crippen molar-refractivity contribution in [1.82, 2.24) is 10.6 Å². The normalized spacial score (nSPS) is 11.9. The van der Waals surface area contributed by atoms with Crippen LogP contribution in [0.3, 0.4) is 0 Å². The predicted molar refractivity (Wildman–Crippen MR) is 81.0 cm³/mol. The Bertz CT molecular complexity index is 501. The zero-order chi connectivity index (χ0) is 16.4. The highest BCUT2D eigenvalue weighted by Gasteiger charge is 2.26. The van der Waals surface area contributed by atoms with Crippen LogP contribution in [0.25, 0.3) is 0 Å². The maximum atomic E-state index is 12.1. The molecule has 1 aromatic carbocycles. The molecule has 0 aliphatic heterocycles. The topological polar surface area (TPSA) is 45.6 Å². The highest BCUT2D eigenvalue weighted by atomic mass is 19.4. The maximum Gasteiger partial charge on any atom is 0.390 e. The molecular weight excluding hydrogens is 295 g/mol. The summed E-state index contributed by atoms with van der Waals surface area (Å²) in [4.78, 5) is 3.88. The molecule has 0 atom stereocenters. The number of nitrogens with zero attached hydrogens (tertiary/aromatic N) is 1. The van der Waals surface area contributed by atoms with Crippen LogP contribution in [0.4, 0.5) is 13.2 Å². The van der Waals surface area contributed by atoms with Gasteiger partial charge in [-0.1, -0.05) is 30.9 Å². The van der Waals surface area contributed by atoms with Gasteiger partial charge in [0.1, 0.15) is 12.4 Å². The molecule has 0 saturated carbocycles. The molecule has 0 unspecified atom stereocenters. The Labute approximate surface area is 128 Å². The molecule has 0 aromatic heterocycles. The first-order chi connectivity index (χ1) is 10.5. The van der Waals surface area contributed by atoms with Gasteiger partial charge in [0.05, 0.1) is 6.42 Å². The molecule has 0 radical (unpaired) electrons. The average molecular weight is 315 g/mol. The first kappa shape index (κ1) is 17.9. The molecule has 7 heteroatoms. The van der Waals surface area contributed by atoms with Crippen LogP contribution in [0.1, 0.15) is 12.0 Å². The third-order valence-electron chi connectivity index (χ3n) is 2.70. The number of nitrogens with one attached hydrogen (secondary N) is 2.